The number of halogens is 3. The maximum atomic E-state index is 12.1. The minimum absolute atomic E-state index is 0. The van der Waals surface area contributed by atoms with Gasteiger partial charge in [0.2, 0.25) is 11.8 Å². The van der Waals surface area contributed by atoms with Crippen LogP contribution in [0.1, 0.15) is 49.9 Å². The number of anilines is 2. The molecule has 1 fully saturated rings. The van der Waals surface area contributed by atoms with Crippen LogP contribution in [0, 0.1) is 0 Å². The van der Waals surface area contributed by atoms with Gasteiger partial charge in [0.1, 0.15) is 5.82 Å². The fourth-order valence-corrected chi connectivity index (χ4v) is 3.88. The number of carbonyl (C=O) groups is 3. The third-order valence-corrected chi connectivity index (χ3v) is 5.70. The molecule has 0 atom stereocenters. The second kappa shape index (κ2) is 16.4. The van der Waals surface area contributed by atoms with Crippen molar-refractivity contribution in [1.29, 1.82) is 0 Å². The van der Waals surface area contributed by atoms with Crippen LogP contribution in [-0.2, 0) is 9.59 Å². The van der Waals surface area contributed by atoms with Crippen molar-refractivity contribution in [3.05, 3.63) is 29.8 Å². The highest BCUT2D eigenvalue weighted by Gasteiger charge is 2.22. The number of nitrogens with zero attached hydrogens (tertiary/aromatic N) is 3. The number of hydrogen-bond acceptors (Lipinski definition) is 6. The third kappa shape index (κ3) is 9.28. The van der Waals surface area contributed by atoms with Crippen LogP contribution in [0.25, 0.3) is 10.9 Å². The van der Waals surface area contributed by atoms with Gasteiger partial charge in [0, 0.05) is 50.2 Å². The summed E-state index contributed by atoms with van der Waals surface area (Å²) in [6.45, 7) is 7.81. The van der Waals surface area contributed by atoms with Crippen LogP contribution in [0.2, 0.25) is 0 Å². The molecule has 0 unspecified atom stereocenters. The van der Waals surface area contributed by atoms with Crippen LogP contribution in [-0.4, -0.2) is 72.0 Å². The molecule has 1 aliphatic heterocycles. The Hall–Kier alpha value is -2.33. The van der Waals surface area contributed by atoms with Gasteiger partial charge in [0.25, 0.3) is 0 Å². The number of rotatable bonds is 10. The van der Waals surface area contributed by atoms with Gasteiger partial charge in [0.05, 0.1) is 17.6 Å². The molecule has 0 bridgehead atoms. The molecule has 1 aliphatic rings. The van der Waals surface area contributed by atoms with E-state index in [-0.39, 0.29) is 54.6 Å². The van der Waals surface area contributed by atoms with Crippen molar-refractivity contribution in [3.8, 4) is 0 Å². The van der Waals surface area contributed by atoms with Crippen LogP contribution in [0.5, 0.6) is 0 Å². The fourth-order valence-electron chi connectivity index (χ4n) is 3.88. The number of aromatic carboxylic acids is 1. The Balaban J connectivity index is 0.00000408. The van der Waals surface area contributed by atoms with E-state index in [1.807, 2.05) is 11.8 Å². The van der Waals surface area contributed by atoms with Crippen molar-refractivity contribution in [2.75, 3.05) is 49.5 Å². The summed E-state index contributed by atoms with van der Waals surface area (Å²) in [7, 11) is 0. The van der Waals surface area contributed by atoms with E-state index in [2.05, 4.69) is 27.4 Å². The van der Waals surface area contributed by atoms with Crippen LogP contribution >= 0.6 is 37.2 Å². The molecular formula is C24H36Cl3N5O4. The maximum absolute atomic E-state index is 12.1. The Morgan fingerprint density at radius 2 is 1.67 bits per heavy atom. The summed E-state index contributed by atoms with van der Waals surface area (Å²) in [4.78, 5) is 44.8. The standard InChI is InChI=1S/C24H33N5O4.3ClH/c1-3-5-9-25-23(31)16-28-10-12-29(13-11-28)21-15-19(24(32)33)18-14-17(7-8-20(18)27-21)26-22(30)6-4-2;;;/h7-8,14-15H,3-6,9-13,16H2,1-2H3,(H,25,31)(H,26,30)(H,32,33);3*1H. The first-order valence-electron chi connectivity index (χ1n) is 11.6. The highest BCUT2D eigenvalue weighted by Crippen LogP contribution is 2.27. The van der Waals surface area contributed by atoms with Crippen molar-refractivity contribution < 1.29 is 19.5 Å². The Morgan fingerprint density at radius 3 is 2.28 bits per heavy atom. The second-order valence-electron chi connectivity index (χ2n) is 8.33. The lowest BCUT2D eigenvalue weighted by Gasteiger charge is -2.35. The second-order valence-corrected chi connectivity index (χ2v) is 8.33. The zero-order valence-electron chi connectivity index (χ0n) is 20.6. The highest BCUT2D eigenvalue weighted by atomic mass is 35.5. The number of carbonyl (C=O) groups excluding carboxylic acids is 2. The molecule has 0 aliphatic carbocycles. The first kappa shape index (κ1) is 33.7. The molecule has 1 aromatic heterocycles. The number of pyridine rings is 1. The largest absolute Gasteiger partial charge is 0.478 e. The molecule has 0 radical (unpaired) electrons. The zero-order chi connectivity index (χ0) is 23.8. The predicted molar refractivity (Wildman–Crippen MR) is 151 cm³/mol. The van der Waals surface area contributed by atoms with Crippen LogP contribution in [0.4, 0.5) is 11.5 Å². The van der Waals surface area contributed by atoms with Gasteiger partial charge in [-0.2, -0.15) is 0 Å². The van der Waals surface area contributed by atoms with Crippen molar-refractivity contribution in [2.45, 2.75) is 39.5 Å². The molecule has 12 heteroatoms. The van der Waals surface area contributed by atoms with E-state index >= 15 is 0 Å². The SMILES string of the molecule is CCCCNC(=O)CN1CCN(c2cc(C(=O)O)c3cc(NC(=O)CCC)ccc3n2)CC1.Cl.Cl.Cl. The maximum Gasteiger partial charge on any atom is 0.336 e. The number of carboxylic acid groups (broad SMARTS) is 1. The lowest BCUT2D eigenvalue weighted by Crippen LogP contribution is -2.49. The monoisotopic (exact) mass is 563 g/mol. The molecule has 3 rings (SSSR count). The van der Waals surface area contributed by atoms with Crippen molar-refractivity contribution in [1.82, 2.24) is 15.2 Å². The minimum atomic E-state index is -1.04. The van der Waals surface area contributed by atoms with Gasteiger partial charge in [0.15, 0.2) is 0 Å². The number of aromatic nitrogens is 1. The molecule has 1 saturated heterocycles. The summed E-state index contributed by atoms with van der Waals surface area (Å²) in [6.07, 6.45) is 3.17. The Morgan fingerprint density at radius 1 is 0.972 bits per heavy atom. The number of hydrogen-bond donors (Lipinski definition) is 3. The zero-order valence-corrected chi connectivity index (χ0v) is 23.1. The van der Waals surface area contributed by atoms with E-state index < -0.39 is 5.97 Å². The molecule has 2 amide bonds. The van der Waals surface area contributed by atoms with E-state index in [1.165, 1.54) is 0 Å². The van der Waals surface area contributed by atoms with E-state index in [9.17, 15) is 19.5 Å². The fraction of sp³-hybridized carbons (Fsp3) is 0.500. The van der Waals surface area contributed by atoms with Gasteiger partial charge in [-0.1, -0.05) is 20.3 Å². The summed E-state index contributed by atoms with van der Waals surface area (Å²) >= 11 is 0. The molecule has 36 heavy (non-hydrogen) atoms. The van der Waals surface area contributed by atoms with E-state index in [0.29, 0.717) is 68.1 Å². The third-order valence-electron chi connectivity index (χ3n) is 5.70. The van der Waals surface area contributed by atoms with E-state index in [4.69, 9.17) is 0 Å². The van der Waals surface area contributed by atoms with Crippen molar-refractivity contribution in [2.24, 2.45) is 0 Å². The highest BCUT2D eigenvalue weighted by molar-refractivity contribution is 6.05. The number of amides is 2. The summed E-state index contributed by atoms with van der Waals surface area (Å²) in [5, 5.41) is 16.0. The van der Waals surface area contributed by atoms with Gasteiger partial charge in [-0.05, 0) is 37.1 Å². The minimum Gasteiger partial charge on any atom is -0.478 e. The van der Waals surface area contributed by atoms with Crippen LogP contribution in [0.15, 0.2) is 24.3 Å². The summed E-state index contributed by atoms with van der Waals surface area (Å²) < 4.78 is 0. The van der Waals surface area contributed by atoms with E-state index in [0.717, 1.165) is 19.3 Å². The first-order valence-corrected chi connectivity index (χ1v) is 11.6. The quantitative estimate of drug-likeness (QED) is 0.374. The molecule has 0 saturated carbocycles. The Kier molecular flexibility index (Phi) is 15.4. The number of unbranched alkanes of at least 4 members (excludes halogenated alkanes) is 1. The normalized spacial score (nSPS) is 13.1. The Labute approximate surface area is 230 Å². The number of piperazine rings is 1. The molecule has 202 valence electrons. The number of benzene rings is 1. The average Bonchev–Trinajstić information content (AvgIpc) is 2.79. The summed E-state index contributed by atoms with van der Waals surface area (Å²) in [6, 6.07) is 6.74. The molecule has 2 aromatic rings. The molecule has 3 N–H and O–H groups in total. The van der Waals surface area contributed by atoms with Gasteiger partial charge in [-0.3, -0.25) is 14.5 Å². The molecule has 2 heterocycles. The molecular weight excluding hydrogens is 529 g/mol. The lowest BCUT2D eigenvalue weighted by atomic mass is 10.1. The molecule has 1 aromatic carbocycles. The summed E-state index contributed by atoms with van der Waals surface area (Å²) in [5.41, 5.74) is 1.28. The summed E-state index contributed by atoms with van der Waals surface area (Å²) in [5.74, 6) is -0.497. The molecule has 0 spiro atoms. The average molecular weight is 565 g/mol. The first-order chi connectivity index (χ1) is 15.9. The number of carboxylic acids is 1. The van der Waals surface area contributed by atoms with Gasteiger partial charge in [-0.25, -0.2) is 9.78 Å². The van der Waals surface area contributed by atoms with Gasteiger partial charge >= 0.3 is 5.97 Å². The van der Waals surface area contributed by atoms with E-state index in [1.54, 1.807) is 24.3 Å². The van der Waals surface area contributed by atoms with Crippen molar-refractivity contribution in [3.63, 3.8) is 0 Å². The lowest BCUT2D eigenvalue weighted by molar-refractivity contribution is -0.122. The smallest absolute Gasteiger partial charge is 0.336 e. The van der Waals surface area contributed by atoms with Crippen LogP contribution < -0.4 is 15.5 Å². The predicted octanol–water partition coefficient (Wildman–Crippen LogP) is 3.98. The van der Waals surface area contributed by atoms with Crippen molar-refractivity contribution >= 4 is 77.4 Å². The topological polar surface area (TPSA) is 115 Å². The van der Waals surface area contributed by atoms with Gasteiger partial charge < -0.3 is 20.6 Å². The molecule has 9 nitrogen and oxygen atoms in total. The Bertz CT molecular complexity index is 1020. The van der Waals surface area contributed by atoms with Crippen LogP contribution in [0.3, 0.4) is 0 Å². The number of fused-ring (bicyclic) bond motifs is 1. The van der Waals surface area contributed by atoms with Gasteiger partial charge in [-0.15, -0.1) is 37.2 Å². The number of nitrogens with one attached hydrogen (secondary N) is 2.